The van der Waals surface area contributed by atoms with Gasteiger partial charge in [-0.15, -0.1) is 0 Å². The van der Waals surface area contributed by atoms with Crippen molar-refractivity contribution in [1.82, 2.24) is 29.9 Å². The Kier molecular flexibility index (Phi) is 14.7. The Morgan fingerprint density at radius 3 is 1.00 bits per heavy atom. The lowest BCUT2D eigenvalue weighted by atomic mass is 9.77. The second-order valence-corrected chi connectivity index (χ2v) is 18.2. The van der Waals surface area contributed by atoms with Crippen molar-refractivity contribution in [2.45, 2.75) is 38.9 Å². The highest BCUT2D eigenvalue weighted by atomic mass is 35.5. The van der Waals surface area contributed by atoms with E-state index in [4.69, 9.17) is 35.9 Å². The van der Waals surface area contributed by atoms with E-state index in [1.807, 2.05) is 234 Å². The number of halogens is 1. The summed E-state index contributed by atoms with van der Waals surface area (Å²) in [5.74, 6) is 3.42. The predicted octanol–water partition coefficient (Wildman–Crippen LogP) is 13.5. The van der Waals surface area contributed by atoms with E-state index in [0.29, 0.717) is 29.1 Å². The highest BCUT2D eigenvalue weighted by molar-refractivity contribution is 6.62. The first-order chi connectivity index (χ1) is 34.9. The molecule has 2 N–H and O–H groups in total. The Balaban J connectivity index is 0.000000138. The van der Waals surface area contributed by atoms with Gasteiger partial charge in [0.2, 0.25) is 5.28 Å². The van der Waals surface area contributed by atoms with Crippen molar-refractivity contribution >= 4 is 24.2 Å². The van der Waals surface area contributed by atoms with E-state index in [2.05, 4.69) is 15.0 Å². The van der Waals surface area contributed by atoms with Crippen LogP contribution in [0.3, 0.4) is 0 Å². The van der Waals surface area contributed by atoms with E-state index in [1.54, 1.807) is 12.1 Å². The van der Waals surface area contributed by atoms with Crippen LogP contribution in [-0.2, 0) is 9.31 Å². The lowest BCUT2D eigenvalue weighted by Crippen LogP contribution is -2.41. The van der Waals surface area contributed by atoms with Crippen LogP contribution in [-0.4, -0.2) is 58.4 Å². The van der Waals surface area contributed by atoms with E-state index in [-0.39, 0.29) is 28.0 Å². The molecule has 0 atom stereocenters. The maximum atomic E-state index is 10.4. The third kappa shape index (κ3) is 11.5. The van der Waals surface area contributed by atoms with Crippen LogP contribution in [0.2, 0.25) is 5.28 Å². The Labute approximate surface area is 424 Å². The first-order valence-corrected chi connectivity index (χ1v) is 23.8. The molecule has 0 unspecified atom stereocenters. The summed E-state index contributed by atoms with van der Waals surface area (Å²) in [7, 11) is -0.423. The van der Waals surface area contributed by atoms with Gasteiger partial charge < -0.3 is 19.5 Å². The fraction of sp³-hybridized carbons (Fsp3) is 0.100. The molecule has 2 aromatic heterocycles. The highest BCUT2D eigenvalue weighted by Gasteiger charge is 2.51. The van der Waals surface area contributed by atoms with Gasteiger partial charge >= 0.3 is 7.12 Å². The van der Waals surface area contributed by atoms with Crippen molar-refractivity contribution in [1.29, 1.82) is 0 Å². The van der Waals surface area contributed by atoms with E-state index < -0.39 is 7.12 Å². The van der Waals surface area contributed by atoms with Gasteiger partial charge in [-0.05, 0) is 80.2 Å². The Morgan fingerprint density at radius 1 is 0.347 bits per heavy atom. The average Bonchev–Trinajstić information content (AvgIpc) is 3.65. The third-order valence-electron chi connectivity index (χ3n) is 12.3. The molecule has 1 aliphatic rings. The summed E-state index contributed by atoms with van der Waals surface area (Å²) in [6.07, 6.45) is 0. The van der Waals surface area contributed by atoms with Crippen molar-refractivity contribution in [2.24, 2.45) is 0 Å². The van der Waals surface area contributed by atoms with Crippen LogP contribution in [0.25, 0.3) is 79.2 Å². The highest BCUT2D eigenvalue weighted by Crippen LogP contribution is 2.38. The molecule has 354 valence electrons. The smallest absolute Gasteiger partial charge is 0.494 e. The molecule has 8 aromatic carbocycles. The maximum Gasteiger partial charge on any atom is 0.494 e. The second-order valence-electron chi connectivity index (χ2n) is 17.9. The molecule has 3 heterocycles. The summed E-state index contributed by atoms with van der Waals surface area (Å²) in [6.45, 7) is 8.13. The van der Waals surface area contributed by atoms with Gasteiger partial charge in [0, 0.05) is 38.9 Å². The van der Waals surface area contributed by atoms with Gasteiger partial charge in [-0.25, -0.2) is 19.9 Å². The van der Waals surface area contributed by atoms with Crippen molar-refractivity contribution in [3.8, 4) is 90.7 Å². The fourth-order valence-corrected chi connectivity index (χ4v) is 7.93. The van der Waals surface area contributed by atoms with Gasteiger partial charge in [-0.1, -0.05) is 194 Å². The van der Waals surface area contributed by atoms with Crippen LogP contribution in [0.5, 0.6) is 11.5 Å². The minimum atomic E-state index is -0.423. The summed E-state index contributed by atoms with van der Waals surface area (Å²) in [5, 5.41) is 20.8. The molecule has 12 heteroatoms. The summed E-state index contributed by atoms with van der Waals surface area (Å²) in [5.41, 5.74) is 8.09. The van der Waals surface area contributed by atoms with Crippen LogP contribution in [0.4, 0.5) is 0 Å². The number of aromatic nitrogens is 6. The molecule has 0 saturated carbocycles. The van der Waals surface area contributed by atoms with Gasteiger partial charge in [0.15, 0.2) is 29.1 Å². The molecule has 0 radical (unpaired) electrons. The van der Waals surface area contributed by atoms with Gasteiger partial charge in [-0.3, -0.25) is 0 Å². The quantitative estimate of drug-likeness (QED) is 0.142. The molecular weight excluding hydrogens is 915 g/mol. The molecule has 0 bridgehead atoms. The molecule has 1 aliphatic heterocycles. The van der Waals surface area contributed by atoms with Crippen LogP contribution in [0.15, 0.2) is 218 Å². The zero-order valence-corrected chi connectivity index (χ0v) is 40.9. The molecule has 0 spiro atoms. The fourth-order valence-electron chi connectivity index (χ4n) is 7.77. The maximum absolute atomic E-state index is 10.4. The molecule has 1 fully saturated rings. The van der Waals surface area contributed by atoms with Crippen molar-refractivity contribution in [2.75, 3.05) is 0 Å². The van der Waals surface area contributed by atoms with Crippen LogP contribution >= 0.6 is 11.6 Å². The van der Waals surface area contributed by atoms with Crippen molar-refractivity contribution in [3.05, 3.63) is 224 Å². The predicted molar refractivity (Wildman–Crippen MR) is 288 cm³/mol. The molecule has 11 rings (SSSR count). The SMILES string of the molecule is CC1(C)OB(c2ccc(O)c(-c3ccccc3)c2)OC1(C)C.Clc1nc(-c2ccccc2)nc(-c2ccccc2)n1.Oc1ccc(-c2nc(-c3ccccc3)nc(-c3ccccc3)n2)cc1-c1ccccc1. The van der Waals surface area contributed by atoms with Gasteiger partial charge in [0.25, 0.3) is 0 Å². The van der Waals surface area contributed by atoms with Crippen molar-refractivity contribution < 1.29 is 19.5 Å². The Bertz CT molecular complexity index is 3260. The van der Waals surface area contributed by atoms with Crippen LogP contribution in [0.1, 0.15) is 27.7 Å². The summed E-state index contributed by atoms with van der Waals surface area (Å²) >= 11 is 5.99. The van der Waals surface area contributed by atoms with Crippen LogP contribution < -0.4 is 5.46 Å². The first kappa shape index (κ1) is 48.7. The Hall–Kier alpha value is -8.35. The zero-order valence-electron chi connectivity index (χ0n) is 40.1. The number of benzene rings is 8. The number of rotatable bonds is 8. The lowest BCUT2D eigenvalue weighted by molar-refractivity contribution is 0.00578. The summed E-state index contributed by atoms with van der Waals surface area (Å²) in [4.78, 5) is 27.1. The molecule has 0 aliphatic carbocycles. The second kappa shape index (κ2) is 21.7. The average molecular weight is 965 g/mol. The summed E-state index contributed by atoms with van der Waals surface area (Å²) in [6, 6.07) is 69.7. The number of aromatic hydroxyl groups is 2. The van der Waals surface area contributed by atoms with Gasteiger partial charge in [0.1, 0.15) is 11.5 Å². The first-order valence-electron chi connectivity index (χ1n) is 23.4. The topological polar surface area (TPSA) is 136 Å². The molecular formula is C60H50BClN6O4. The van der Waals surface area contributed by atoms with Crippen molar-refractivity contribution in [3.63, 3.8) is 0 Å². The van der Waals surface area contributed by atoms with E-state index in [0.717, 1.165) is 55.5 Å². The lowest BCUT2D eigenvalue weighted by Gasteiger charge is -2.32. The van der Waals surface area contributed by atoms with Crippen LogP contribution in [0, 0.1) is 0 Å². The molecule has 10 aromatic rings. The minimum absolute atomic E-state index is 0.202. The summed E-state index contributed by atoms with van der Waals surface area (Å²) < 4.78 is 12.2. The number of hydrogen-bond donors (Lipinski definition) is 2. The standard InChI is InChI=1S/C27H19N3O.C18H21BO3.C15H10ClN3/c31-24-17-16-22(18-23(24)19-10-4-1-5-11-19)27-29-25(20-12-6-2-7-13-20)28-26(30-27)21-14-8-3-9-15-21;1-17(2)18(3,4)22-19(21-17)14-10-11-16(20)15(12-14)13-8-6-5-7-9-13;16-15-18-13(11-7-3-1-4-8-11)17-14(19-15)12-9-5-2-6-10-12/h1-18,31H;5-12,20H,1-4H3;1-10H. The van der Waals surface area contributed by atoms with E-state index in [1.165, 1.54) is 0 Å². The number of phenolic OH excluding ortho intramolecular Hbond substituents is 2. The zero-order chi connectivity index (χ0) is 50.1. The van der Waals surface area contributed by atoms with E-state index >= 15 is 0 Å². The largest absolute Gasteiger partial charge is 0.507 e. The molecule has 0 amide bonds. The number of nitrogens with zero attached hydrogens (tertiary/aromatic N) is 6. The normalized spacial score (nSPS) is 13.3. The molecule has 72 heavy (non-hydrogen) atoms. The molecule has 10 nitrogen and oxygen atoms in total. The monoisotopic (exact) mass is 964 g/mol. The minimum Gasteiger partial charge on any atom is -0.507 e. The van der Waals surface area contributed by atoms with E-state index in [9.17, 15) is 10.2 Å². The number of hydrogen-bond acceptors (Lipinski definition) is 10. The van der Waals surface area contributed by atoms with Gasteiger partial charge in [0.05, 0.1) is 11.2 Å². The third-order valence-corrected chi connectivity index (χ3v) is 12.5. The van der Waals surface area contributed by atoms with Gasteiger partial charge in [-0.2, -0.15) is 9.97 Å². The molecule has 1 saturated heterocycles. The Morgan fingerprint density at radius 2 is 0.639 bits per heavy atom. The number of phenols is 2.